The van der Waals surface area contributed by atoms with Crippen LogP contribution >= 0.6 is 0 Å². The third-order valence-electron chi connectivity index (χ3n) is 2.54. The zero-order chi connectivity index (χ0) is 11.5. The van der Waals surface area contributed by atoms with Crippen molar-refractivity contribution in [3.63, 3.8) is 0 Å². The van der Waals surface area contributed by atoms with Crippen LogP contribution in [-0.4, -0.2) is 18.0 Å². The largest absolute Gasteiger partial charge is 0.497 e. The van der Waals surface area contributed by atoms with Crippen LogP contribution in [0.1, 0.15) is 16.2 Å². The van der Waals surface area contributed by atoms with Gasteiger partial charge in [-0.3, -0.25) is 4.79 Å². The van der Waals surface area contributed by atoms with Gasteiger partial charge in [-0.2, -0.15) is 0 Å². The Morgan fingerprint density at radius 1 is 1.25 bits per heavy atom. The van der Waals surface area contributed by atoms with Crippen LogP contribution in [0.15, 0.2) is 36.4 Å². The monoisotopic (exact) mass is 215 g/mol. The zero-order valence-corrected chi connectivity index (χ0v) is 9.31. The molecule has 3 nitrogen and oxygen atoms in total. The number of hydrogen-bond donors (Lipinski definition) is 0. The number of aryl methyl sites for hydroxylation is 1. The molecule has 16 heavy (non-hydrogen) atoms. The number of hydrogen-bond acceptors (Lipinski definition) is 2. The number of aldehydes is 1. The molecule has 0 aliphatic heterocycles. The topological polar surface area (TPSA) is 31.2 Å². The van der Waals surface area contributed by atoms with Crippen molar-refractivity contribution in [2.75, 3.05) is 7.11 Å². The summed E-state index contributed by atoms with van der Waals surface area (Å²) in [6, 6.07) is 11.4. The molecule has 0 atom stereocenters. The van der Waals surface area contributed by atoms with Gasteiger partial charge in [0.05, 0.1) is 12.8 Å². The molecule has 0 saturated carbocycles. The van der Waals surface area contributed by atoms with E-state index in [0.717, 1.165) is 23.4 Å². The minimum Gasteiger partial charge on any atom is -0.497 e. The van der Waals surface area contributed by atoms with Crippen molar-refractivity contribution >= 4 is 6.29 Å². The molecule has 2 rings (SSSR count). The summed E-state index contributed by atoms with van der Waals surface area (Å²) in [6.07, 6.45) is 0.854. The Hall–Kier alpha value is -2.03. The lowest BCUT2D eigenvalue weighted by Crippen LogP contribution is -2.01. The molecule has 0 amide bonds. The molecular formula is C13H13NO2. The maximum absolute atomic E-state index is 10.9. The van der Waals surface area contributed by atoms with Crippen LogP contribution in [0, 0.1) is 6.92 Å². The standard InChI is InChI=1S/C13H13NO2/c1-10-6-7-12(9-15)14(10)11-4-3-5-13(8-11)16-2/h3-9H,1-2H3. The number of ether oxygens (including phenoxy) is 1. The first-order valence-corrected chi connectivity index (χ1v) is 5.04. The van der Waals surface area contributed by atoms with Gasteiger partial charge in [-0.05, 0) is 31.2 Å². The smallest absolute Gasteiger partial charge is 0.166 e. The number of methoxy groups -OCH3 is 1. The maximum Gasteiger partial charge on any atom is 0.166 e. The molecule has 0 bridgehead atoms. The molecule has 1 aromatic carbocycles. The molecule has 0 aliphatic carbocycles. The number of carbonyl (C=O) groups excluding carboxylic acids is 1. The van der Waals surface area contributed by atoms with E-state index in [-0.39, 0.29) is 0 Å². The predicted molar refractivity (Wildman–Crippen MR) is 62.4 cm³/mol. The van der Waals surface area contributed by atoms with Crippen LogP contribution in [0.2, 0.25) is 0 Å². The molecule has 0 N–H and O–H groups in total. The highest BCUT2D eigenvalue weighted by Crippen LogP contribution is 2.20. The highest BCUT2D eigenvalue weighted by molar-refractivity contribution is 5.74. The Labute approximate surface area is 94.3 Å². The van der Waals surface area contributed by atoms with Gasteiger partial charge in [-0.25, -0.2) is 0 Å². The lowest BCUT2D eigenvalue weighted by Gasteiger charge is -2.09. The zero-order valence-electron chi connectivity index (χ0n) is 9.31. The average Bonchev–Trinajstić information content (AvgIpc) is 2.70. The second kappa shape index (κ2) is 4.23. The van der Waals surface area contributed by atoms with E-state index in [1.54, 1.807) is 7.11 Å². The minimum atomic E-state index is 0.644. The fourth-order valence-electron chi connectivity index (χ4n) is 1.75. The molecule has 0 unspecified atom stereocenters. The summed E-state index contributed by atoms with van der Waals surface area (Å²) >= 11 is 0. The number of aromatic nitrogens is 1. The van der Waals surface area contributed by atoms with Gasteiger partial charge < -0.3 is 9.30 Å². The van der Waals surface area contributed by atoms with Gasteiger partial charge in [-0.15, -0.1) is 0 Å². The Morgan fingerprint density at radius 2 is 2.06 bits per heavy atom. The van der Waals surface area contributed by atoms with Gasteiger partial charge in [-0.1, -0.05) is 6.07 Å². The van der Waals surface area contributed by atoms with E-state index < -0.39 is 0 Å². The van der Waals surface area contributed by atoms with Crippen LogP contribution in [0.4, 0.5) is 0 Å². The van der Waals surface area contributed by atoms with Crippen molar-refractivity contribution in [2.45, 2.75) is 6.92 Å². The number of nitrogens with zero attached hydrogens (tertiary/aromatic N) is 1. The van der Waals surface area contributed by atoms with Crippen molar-refractivity contribution in [3.8, 4) is 11.4 Å². The molecule has 1 heterocycles. The fourth-order valence-corrected chi connectivity index (χ4v) is 1.75. The van der Waals surface area contributed by atoms with Crippen molar-refractivity contribution < 1.29 is 9.53 Å². The van der Waals surface area contributed by atoms with Gasteiger partial charge in [0.2, 0.25) is 0 Å². The van der Waals surface area contributed by atoms with Gasteiger partial charge in [0.25, 0.3) is 0 Å². The fraction of sp³-hybridized carbons (Fsp3) is 0.154. The second-order valence-electron chi connectivity index (χ2n) is 3.55. The Balaban J connectivity index is 2.57. The van der Waals surface area contributed by atoms with Crippen LogP contribution in [-0.2, 0) is 0 Å². The lowest BCUT2D eigenvalue weighted by atomic mass is 10.3. The molecule has 0 saturated heterocycles. The Morgan fingerprint density at radius 3 is 2.75 bits per heavy atom. The molecule has 0 radical (unpaired) electrons. The third kappa shape index (κ3) is 1.72. The quantitative estimate of drug-likeness (QED) is 0.737. The van der Waals surface area contributed by atoms with Crippen molar-refractivity contribution in [3.05, 3.63) is 47.8 Å². The van der Waals surface area contributed by atoms with Crippen LogP contribution in [0.25, 0.3) is 5.69 Å². The summed E-state index contributed by atoms with van der Waals surface area (Å²) < 4.78 is 7.06. The SMILES string of the molecule is COc1cccc(-n2c(C)ccc2C=O)c1. The van der Waals surface area contributed by atoms with Crippen LogP contribution in [0.5, 0.6) is 5.75 Å². The van der Waals surface area contributed by atoms with E-state index >= 15 is 0 Å². The van der Waals surface area contributed by atoms with Gasteiger partial charge in [0, 0.05) is 17.4 Å². The van der Waals surface area contributed by atoms with E-state index in [4.69, 9.17) is 4.74 Å². The van der Waals surface area contributed by atoms with Gasteiger partial charge >= 0.3 is 0 Å². The first kappa shape index (κ1) is 10.5. The molecule has 3 heteroatoms. The summed E-state index contributed by atoms with van der Waals surface area (Å²) in [7, 11) is 1.63. The molecule has 0 fully saturated rings. The number of rotatable bonds is 3. The van der Waals surface area contributed by atoms with Gasteiger partial charge in [0.15, 0.2) is 6.29 Å². The predicted octanol–water partition coefficient (Wildman–Crippen LogP) is 2.61. The maximum atomic E-state index is 10.9. The highest BCUT2D eigenvalue weighted by atomic mass is 16.5. The number of carbonyl (C=O) groups is 1. The first-order valence-electron chi connectivity index (χ1n) is 5.04. The van der Waals surface area contributed by atoms with Gasteiger partial charge in [0.1, 0.15) is 5.75 Å². The summed E-state index contributed by atoms with van der Waals surface area (Å²) in [5.74, 6) is 0.780. The third-order valence-corrected chi connectivity index (χ3v) is 2.54. The number of benzene rings is 1. The van der Waals surface area contributed by atoms with E-state index in [1.165, 1.54) is 0 Å². The van der Waals surface area contributed by atoms with Crippen LogP contribution in [0.3, 0.4) is 0 Å². The minimum absolute atomic E-state index is 0.644. The summed E-state index contributed by atoms with van der Waals surface area (Å²) in [5, 5.41) is 0. The van der Waals surface area contributed by atoms with E-state index in [9.17, 15) is 4.79 Å². The second-order valence-corrected chi connectivity index (χ2v) is 3.55. The molecule has 2 aromatic rings. The molecule has 82 valence electrons. The van der Waals surface area contributed by atoms with Crippen molar-refractivity contribution in [1.29, 1.82) is 0 Å². The molecule has 0 spiro atoms. The lowest BCUT2D eigenvalue weighted by molar-refractivity contribution is 0.111. The summed E-state index contributed by atoms with van der Waals surface area (Å²) in [5.41, 5.74) is 2.60. The molecule has 0 aliphatic rings. The summed E-state index contributed by atoms with van der Waals surface area (Å²) in [6.45, 7) is 1.96. The van der Waals surface area contributed by atoms with E-state index in [0.29, 0.717) is 5.69 Å². The normalized spacial score (nSPS) is 10.1. The Bertz CT molecular complexity index is 514. The molecule has 1 aromatic heterocycles. The van der Waals surface area contributed by atoms with Crippen LogP contribution < -0.4 is 4.74 Å². The first-order chi connectivity index (χ1) is 7.76. The Kier molecular flexibility index (Phi) is 2.77. The van der Waals surface area contributed by atoms with E-state index in [1.807, 2.05) is 47.9 Å². The summed E-state index contributed by atoms with van der Waals surface area (Å²) in [4.78, 5) is 10.9. The van der Waals surface area contributed by atoms with Crippen molar-refractivity contribution in [1.82, 2.24) is 4.57 Å². The highest BCUT2D eigenvalue weighted by Gasteiger charge is 2.06. The average molecular weight is 215 g/mol. The molecular weight excluding hydrogens is 202 g/mol. The van der Waals surface area contributed by atoms with Crippen molar-refractivity contribution in [2.24, 2.45) is 0 Å². The van der Waals surface area contributed by atoms with E-state index in [2.05, 4.69) is 0 Å².